The Hall–Kier alpha value is -4.19. The maximum atomic E-state index is 12.8. The number of hydrogen-bond acceptors (Lipinski definition) is 3. The fourth-order valence-corrected chi connectivity index (χ4v) is 3.49. The van der Waals surface area contributed by atoms with Gasteiger partial charge in [-0.3, -0.25) is 9.59 Å². The van der Waals surface area contributed by atoms with Gasteiger partial charge in [0.25, 0.3) is 11.8 Å². The van der Waals surface area contributed by atoms with Gasteiger partial charge in [-0.05, 0) is 48.9 Å². The van der Waals surface area contributed by atoms with Gasteiger partial charge in [-0.25, -0.2) is 4.68 Å². The van der Waals surface area contributed by atoms with Gasteiger partial charge in [0.05, 0.1) is 17.6 Å². The molecule has 0 saturated carbocycles. The zero-order valence-electron chi connectivity index (χ0n) is 17.8. The van der Waals surface area contributed by atoms with E-state index in [2.05, 4.69) is 15.7 Å². The highest BCUT2D eigenvalue weighted by molar-refractivity contribution is 5.95. The number of nitrogens with zero attached hydrogens (tertiary/aromatic N) is 2. The van der Waals surface area contributed by atoms with Crippen LogP contribution in [0.15, 0.2) is 91.1 Å². The van der Waals surface area contributed by atoms with E-state index >= 15 is 0 Å². The third-order valence-corrected chi connectivity index (χ3v) is 5.04. The van der Waals surface area contributed by atoms with E-state index in [4.69, 9.17) is 0 Å². The van der Waals surface area contributed by atoms with Gasteiger partial charge in [0.15, 0.2) is 0 Å². The third kappa shape index (κ3) is 4.75. The van der Waals surface area contributed by atoms with E-state index in [0.29, 0.717) is 24.2 Å². The van der Waals surface area contributed by atoms with Crippen molar-refractivity contribution < 1.29 is 9.59 Å². The number of rotatable bonds is 7. The first kappa shape index (κ1) is 21.1. The van der Waals surface area contributed by atoms with E-state index in [1.54, 1.807) is 24.4 Å². The number of hydrogen-bond donors (Lipinski definition) is 2. The van der Waals surface area contributed by atoms with E-state index < -0.39 is 0 Å². The van der Waals surface area contributed by atoms with Crippen molar-refractivity contribution in [1.82, 2.24) is 20.4 Å². The summed E-state index contributed by atoms with van der Waals surface area (Å²) < 4.78 is 1.82. The summed E-state index contributed by atoms with van der Waals surface area (Å²) in [6, 6.07) is 26.5. The lowest BCUT2D eigenvalue weighted by Gasteiger charge is -2.11. The fourth-order valence-electron chi connectivity index (χ4n) is 3.49. The van der Waals surface area contributed by atoms with Crippen LogP contribution in [0.2, 0.25) is 0 Å². The standard InChI is InChI=1S/C26H24N4O2/c1-2-27-25(31)21-11-6-8-19(16-21)18-28-26(32)22-12-7-13-23(17-22)30-24(14-15-29-30)20-9-4-3-5-10-20/h3-17H,2,18H2,1H3,(H,27,31)(H,28,32). The Bertz CT molecular complexity index is 1230. The van der Waals surface area contributed by atoms with Crippen LogP contribution in [-0.4, -0.2) is 28.1 Å². The quantitative estimate of drug-likeness (QED) is 0.466. The molecule has 0 unspecified atom stereocenters. The van der Waals surface area contributed by atoms with Crippen LogP contribution < -0.4 is 10.6 Å². The summed E-state index contributed by atoms with van der Waals surface area (Å²) in [6.45, 7) is 2.77. The first-order valence-corrected chi connectivity index (χ1v) is 10.5. The molecule has 2 N–H and O–H groups in total. The van der Waals surface area contributed by atoms with Crippen LogP contribution >= 0.6 is 0 Å². The SMILES string of the molecule is CCNC(=O)c1cccc(CNC(=O)c2cccc(-n3nccc3-c3ccccc3)c2)c1. The Kier molecular flexibility index (Phi) is 6.41. The van der Waals surface area contributed by atoms with Gasteiger partial charge in [0.2, 0.25) is 0 Å². The molecule has 0 fully saturated rings. The lowest BCUT2D eigenvalue weighted by atomic mass is 10.1. The van der Waals surface area contributed by atoms with Crippen molar-refractivity contribution in [3.05, 3.63) is 108 Å². The minimum absolute atomic E-state index is 0.123. The molecular weight excluding hydrogens is 400 g/mol. The molecule has 0 aliphatic heterocycles. The van der Waals surface area contributed by atoms with Crippen LogP contribution in [0.4, 0.5) is 0 Å². The summed E-state index contributed by atoms with van der Waals surface area (Å²) in [5, 5.41) is 10.2. The topological polar surface area (TPSA) is 76.0 Å². The molecule has 4 aromatic rings. The van der Waals surface area contributed by atoms with E-state index in [1.165, 1.54) is 0 Å². The Morgan fingerprint density at radius 2 is 1.53 bits per heavy atom. The van der Waals surface area contributed by atoms with Crippen LogP contribution in [0.3, 0.4) is 0 Å². The van der Waals surface area contributed by atoms with E-state index in [-0.39, 0.29) is 11.8 Å². The third-order valence-electron chi connectivity index (χ3n) is 5.04. The maximum Gasteiger partial charge on any atom is 0.251 e. The summed E-state index contributed by atoms with van der Waals surface area (Å²) in [7, 11) is 0. The Morgan fingerprint density at radius 3 is 2.31 bits per heavy atom. The molecule has 0 radical (unpaired) electrons. The molecule has 0 saturated heterocycles. The van der Waals surface area contributed by atoms with Crippen LogP contribution in [-0.2, 0) is 6.54 Å². The minimum atomic E-state index is -0.191. The van der Waals surface area contributed by atoms with Gasteiger partial charge in [-0.2, -0.15) is 5.10 Å². The number of carbonyl (C=O) groups is 2. The van der Waals surface area contributed by atoms with Crippen LogP contribution in [0, 0.1) is 0 Å². The molecule has 3 aromatic carbocycles. The molecule has 1 heterocycles. The van der Waals surface area contributed by atoms with Crippen molar-refractivity contribution in [3.8, 4) is 16.9 Å². The molecule has 0 aliphatic rings. The number of nitrogens with one attached hydrogen (secondary N) is 2. The monoisotopic (exact) mass is 424 g/mol. The molecule has 4 rings (SSSR count). The predicted octanol–water partition coefficient (Wildman–Crippen LogP) is 4.22. The molecule has 32 heavy (non-hydrogen) atoms. The lowest BCUT2D eigenvalue weighted by molar-refractivity contribution is 0.0947. The Labute approximate surface area is 186 Å². The molecule has 160 valence electrons. The highest BCUT2D eigenvalue weighted by atomic mass is 16.2. The molecule has 2 amide bonds. The highest BCUT2D eigenvalue weighted by Crippen LogP contribution is 2.22. The second kappa shape index (κ2) is 9.75. The lowest BCUT2D eigenvalue weighted by Crippen LogP contribution is -2.24. The van der Waals surface area contributed by atoms with Gasteiger partial charge >= 0.3 is 0 Å². The smallest absolute Gasteiger partial charge is 0.251 e. The number of amides is 2. The Morgan fingerprint density at radius 1 is 0.812 bits per heavy atom. The van der Waals surface area contributed by atoms with E-state index in [9.17, 15) is 9.59 Å². The molecule has 1 aromatic heterocycles. The minimum Gasteiger partial charge on any atom is -0.352 e. The fraction of sp³-hybridized carbons (Fsp3) is 0.115. The van der Waals surface area contributed by atoms with Gasteiger partial charge in [-0.1, -0.05) is 48.5 Å². The molecule has 6 nitrogen and oxygen atoms in total. The average Bonchev–Trinajstić information content (AvgIpc) is 3.34. The normalized spacial score (nSPS) is 10.5. The van der Waals surface area contributed by atoms with Crippen molar-refractivity contribution in [2.45, 2.75) is 13.5 Å². The molecule has 0 bridgehead atoms. The number of aromatic nitrogens is 2. The van der Waals surface area contributed by atoms with Crippen LogP contribution in [0.5, 0.6) is 0 Å². The van der Waals surface area contributed by atoms with Crippen LogP contribution in [0.25, 0.3) is 16.9 Å². The van der Waals surface area contributed by atoms with Gasteiger partial charge in [0, 0.05) is 29.8 Å². The summed E-state index contributed by atoms with van der Waals surface area (Å²) in [6.07, 6.45) is 1.75. The van der Waals surface area contributed by atoms with Gasteiger partial charge in [0.1, 0.15) is 0 Å². The molecule has 6 heteroatoms. The van der Waals surface area contributed by atoms with Gasteiger partial charge in [-0.15, -0.1) is 0 Å². The van der Waals surface area contributed by atoms with Gasteiger partial charge < -0.3 is 10.6 Å². The molecular formula is C26H24N4O2. The first-order valence-electron chi connectivity index (χ1n) is 10.5. The molecule has 0 spiro atoms. The second-order valence-corrected chi connectivity index (χ2v) is 7.29. The Balaban J connectivity index is 1.49. The molecule has 0 aliphatic carbocycles. The van der Waals surface area contributed by atoms with E-state index in [1.807, 2.05) is 78.3 Å². The second-order valence-electron chi connectivity index (χ2n) is 7.29. The highest BCUT2D eigenvalue weighted by Gasteiger charge is 2.11. The van der Waals surface area contributed by atoms with Crippen molar-refractivity contribution >= 4 is 11.8 Å². The van der Waals surface area contributed by atoms with Crippen molar-refractivity contribution in [3.63, 3.8) is 0 Å². The summed E-state index contributed by atoms with van der Waals surface area (Å²) >= 11 is 0. The number of benzene rings is 3. The first-order chi connectivity index (χ1) is 15.7. The zero-order valence-corrected chi connectivity index (χ0v) is 17.8. The van der Waals surface area contributed by atoms with Crippen molar-refractivity contribution in [2.24, 2.45) is 0 Å². The van der Waals surface area contributed by atoms with Crippen molar-refractivity contribution in [1.29, 1.82) is 0 Å². The van der Waals surface area contributed by atoms with Crippen molar-refractivity contribution in [2.75, 3.05) is 6.54 Å². The average molecular weight is 425 g/mol. The molecule has 0 atom stereocenters. The zero-order chi connectivity index (χ0) is 22.3. The maximum absolute atomic E-state index is 12.8. The summed E-state index contributed by atoms with van der Waals surface area (Å²) in [5.74, 6) is -0.314. The van der Waals surface area contributed by atoms with Crippen LogP contribution in [0.1, 0.15) is 33.2 Å². The summed E-state index contributed by atoms with van der Waals surface area (Å²) in [5.41, 5.74) is 4.78. The summed E-state index contributed by atoms with van der Waals surface area (Å²) in [4.78, 5) is 24.8. The number of carbonyl (C=O) groups excluding carboxylic acids is 2. The largest absolute Gasteiger partial charge is 0.352 e. The van der Waals surface area contributed by atoms with E-state index in [0.717, 1.165) is 22.5 Å². The predicted molar refractivity (Wildman–Crippen MR) is 125 cm³/mol.